The first-order valence-electron chi connectivity index (χ1n) is 7.71. The molecule has 0 amide bonds. The standard InChI is InChI=1S/C17H20N2O6/c1-11-8-19(17(23)18-15(11)21)10-24-14(9-20)12(2)25-16(22)13-6-4-3-5-7-13/h3-8,12,14,20H,9-10H2,1-2H3,(H,18,21,23). The predicted octanol–water partition coefficient (Wildman–Crippen LogP) is 0.426. The Kier molecular flexibility index (Phi) is 6.26. The van der Waals surface area contributed by atoms with Crippen LogP contribution >= 0.6 is 0 Å². The number of ether oxygens (including phenoxy) is 2. The Morgan fingerprint density at radius 3 is 2.60 bits per heavy atom. The number of H-pyrrole nitrogens is 1. The lowest BCUT2D eigenvalue weighted by Crippen LogP contribution is -2.37. The van der Waals surface area contributed by atoms with Crippen LogP contribution in [0.4, 0.5) is 0 Å². The van der Waals surface area contributed by atoms with Crippen LogP contribution < -0.4 is 11.2 Å². The summed E-state index contributed by atoms with van der Waals surface area (Å²) in [5.41, 5.74) is -0.350. The number of aromatic nitrogens is 2. The minimum Gasteiger partial charge on any atom is -0.456 e. The summed E-state index contributed by atoms with van der Waals surface area (Å²) in [5.74, 6) is -0.535. The molecule has 2 rings (SSSR count). The summed E-state index contributed by atoms with van der Waals surface area (Å²) in [5, 5.41) is 9.46. The summed E-state index contributed by atoms with van der Waals surface area (Å²) >= 11 is 0. The van der Waals surface area contributed by atoms with Gasteiger partial charge in [0.1, 0.15) is 18.9 Å². The molecule has 2 N–H and O–H groups in total. The van der Waals surface area contributed by atoms with E-state index in [-0.39, 0.29) is 6.73 Å². The summed E-state index contributed by atoms with van der Waals surface area (Å²) in [6, 6.07) is 8.45. The van der Waals surface area contributed by atoms with Crippen LogP contribution in [0.15, 0.2) is 46.1 Å². The molecule has 0 spiro atoms. The fourth-order valence-corrected chi connectivity index (χ4v) is 2.11. The third kappa shape index (κ3) is 4.88. The number of aryl methyl sites for hydroxylation is 1. The molecular weight excluding hydrogens is 328 g/mol. The van der Waals surface area contributed by atoms with Crippen molar-refractivity contribution in [2.45, 2.75) is 32.8 Å². The Morgan fingerprint density at radius 2 is 1.96 bits per heavy atom. The number of nitrogens with one attached hydrogen (secondary N) is 1. The quantitative estimate of drug-likeness (QED) is 0.702. The minimum atomic E-state index is -0.827. The Morgan fingerprint density at radius 1 is 1.28 bits per heavy atom. The van der Waals surface area contributed by atoms with Gasteiger partial charge in [-0.1, -0.05) is 18.2 Å². The van der Waals surface area contributed by atoms with Gasteiger partial charge in [0.2, 0.25) is 0 Å². The molecule has 1 aromatic carbocycles. The smallest absolute Gasteiger partial charge is 0.338 e. The number of carbonyl (C=O) groups is 1. The van der Waals surface area contributed by atoms with Crippen LogP contribution in [0.1, 0.15) is 22.8 Å². The predicted molar refractivity (Wildman–Crippen MR) is 89.3 cm³/mol. The lowest BCUT2D eigenvalue weighted by molar-refractivity contribution is -0.0890. The van der Waals surface area contributed by atoms with E-state index in [1.54, 1.807) is 44.2 Å². The number of carbonyl (C=O) groups excluding carboxylic acids is 1. The first-order valence-corrected chi connectivity index (χ1v) is 7.71. The second kappa shape index (κ2) is 8.41. The van der Waals surface area contributed by atoms with Crippen LogP contribution in [-0.4, -0.2) is 39.4 Å². The van der Waals surface area contributed by atoms with E-state index in [0.29, 0.717) is 11.1 Å². The lowest BCUT2D eigenvalue weighted by atomic mass is 10.2. The van der Waals surface area contributed by atoms with Crippen molar-refractivity contribution in [1.82, 2.24) is 9.55 Å². The van der Waals surface area contributed by atoms with E-state index < -0.39 is 36.0 Å². The molecule has 134 valence electrons. The van der Waals surface area contributed by atoms with E-state index in [4.69, 9.17) is 9.47 Å². The number of aliphatic hydroxyl groups excluding tert-OH is 1. The van der Waals surface area contributed by atoms with Crippen LogP contribution in [-0.2, 0) is 16.2 Å². The minimum absolute atomic E-state index is 0.199. The largest absolute Gasteiger partial charge is 0.456 e. The number of aliphatic hydroxyl groups is 1. The molecule has 0 radical (unpaired) electrons. The number of rotatable bonds is 7. The highest BCUT2D eigenvalue weighted by molar-refractivity contribution is 5.89. The maximum absolute atomic E-state index is 12.0. The molecule has 2 atom stereocenters. The summed E-state index contributed by atoms with van der Waals surface area (Å²) in [4.78, 5) is 37.2. The van der Waals surface area contributed by atoms with Gasteiger partial charge in [0, 0.05) is 11.8 Å². The molecule has 25 heavy (non-hydrogen) atoms. The van der Waals surface area contributed by atoms with E-state index in [2.05, 4.69) is 4.98 Å². The summed E-state index contributed by atoms with van der Waals surface area (Å²) in [6.45, 7) is 2.54. The van der Waals surface area contributed by atoms with Crippen molar-refractivity contribution >= 4 is 5.97 Å². The first-order chi connectivity index (χ1) is 11.9. The average molecular weight is 348 g/mol. The van der Waals surface area contributed by atoms with Crippen molar-refractivity contribution in [3.63, 3.8) is 0 Å². The molecule has 0 aliphatic heterocycles. The third-order valence-corrected chi connectivity index (χ3v) is 3.62. The molecule has 1 heterocycles. The Balaban J connectivity index is 2.00. The van der Waals surface area contributed by atoms with Crippen molar-refractivity contribution in [3.8, 4) is 0 Å². The maximum Gasteiger partial charge on any atom is 0.338 e. The molecule has 1 aromatic heterocycles. The molecular formula is C17H20N2O6. The Hall–Kier alpha value is -2.71. The van der Waals surface area contributed by atoms with Crippen LogP contribution in [0, 0.1) is 6.92 Å². The van der Waals surface area contributed by atoms with Gasteiger partial charge in [0.15, 0.2) is 0 Å². The zero-order valence-electron chi connectivity index (χ0n) is 14.0. The van der Waals surface area contributed by atoms with Gasteiger partial charge in [-0.3, -0.25) is 14.3 Å². The van der Waals surface area contributed by atoms with E-state index in [1.807, 2.05) is 0 Å². The van der Waals surface area contributed by atoms with Gasteiger partial charge >= 0.3 is 11.7 Å². The van der Waals surface area contributed by atoms with Crippen molar-refractivity contribution in [2.75, 3.05) is 6.61 Å². The monoisotopic (exact) mass is 348 g/mol. The van der Waals surface area contributed by atoms with Gasteiger partial charge < -0.3 is 14.6 Å². The number of aromatic amines is 1. The van der Waals surface area contributed by atoms with Crippen LogP contribution in [0.2, 0.25) is 0 Å². The summed E-state index contributed by atoms with van der Waals surface area (Å²) in [6.07, 6.45) is -0.208. The zero-order valence-corrected chi connectivity index (χ0v) is 14.0. The van der Waals surface area contributed by atoms with Crippen molar-refractivity contribution in [1.29, 1.82) is 0 Å². The highest BCUT2D eigenvalue weighted by Crippen LogP contribution is 2.09. The zero-order chi connectivity index (χ0) is 18.4. The third-order valence-electron chi connectivity index (χ3n) is 3.62. The molecule has 2 unspecified atom stereocenters. The van der Waals surface area contributed by atoms with Crippen molar-refractivity contribution < 1.29 is 19.4 Å². The Labute approximate surface area is 143 Å². The van der Waals surface area contributed by atoms with E-state index in [9.17, 15) is 19.5 Å². The molecule has 0 aliphatic carbocycles. The van der Waals surface area contributed by atoms with Gasteiger partial charge in [0.05, 0.1) is 12.2 Å². The maximum atomic E-state index is 12.0. The first kappa shape index (κ1) is 18.6. The number of esters is 1. The second-order valence-corrected chi connectivity index (χ2v) is 5.53. The fraction of sp³-hybridized carbons (Fsp3) is 0.353. The van der Waals surface area contributed by atoms with Gasteiger partial charge in [-0.25, -0.2) is 9.59 Å². The normalized spacial score (nSPS) is 13.2. The van der Waals surface area contributed by atoms with Crippen molar-refractivity contribution in [2.24, 2.45) is 0 Å². The van der Waals surface area contributed by atoms with Crippen LogP contribution in [0.5, 0.6) is 0 Å². The topological polar surface area (TPSA) is 111 Å². The van der Waals surface area contributed by atoms with Gasteiger partial charge in [0.25, 0.3) is 5.56 Å². The van der Waals surface area contributed by atoms with E-state index in [0.717, 1.165) is 4.57 Å². The number of benzene rings is 1. The van der Waals surface area contributed by atoms with E-state index >= 15 is 0 Å². The molecule has 8 heteroatoms. The van der Waals surface area contributed by atoms with Crippen LogP contribution in [0.3, 0.4) is 0 Å². The van der Waals surface area contributed by atoms with Crippen molar-refractivity contribution in [3.05, 3.63) is 68.5 Å². The van der Waals surface area contributed by atoms with Gasteiger partial charge in [-0.05, 0) is 26.0 Å². The highest BCUT2D eigenvalue weighted by atomic mass is 16.6. The molecule has 0 saturated heterocycles. The molecule has 8 nitrogen and oxygen atoms in total. The van der Waals surface area contributed by atoms with Gasteiger partial charge in [-0.15, -0.1) is 0 Å². The Bertz CT molecular complexity index is 827. The number of hydrogen-bond acceptors (Lipinski definition) is 6. The average Bonchev–Trinajstić information content (AvgIpc) is 2.60. The fourth-order valence-electron chi connectivity index (χ4n) is 2.11. The lowest BCUT2D eigenvalue weighted by Gasteiger charge is -2.23. The molecule has 0 aliphatic rings. The molecule has 0 fully saturated rings. The molecule has 0 saturated carbocycles. The highest BCUT2D eigenvalue weighted by Gasteiger charge is 2.22. The summed E-state index contributed by atoms with van der Waals surface area (Å²) < 4.78 is 11.9. The molecule has 2 aromatic rings. The number of nitrogens with zero attached hydrogens (tertiary/aromatic N) is 1. The molecule has 0 bridgehead atoms. The summed E-state index contributed by atoms with van der Waals surface area (Å²) in [7, 11) is 0. The van der Waals surface area contributed by atoms with Gasteiger partial charge in [-0.2, -0.15) is 0 Å². The van der Waals surface area contributed by atoms with E-state index in [1.165, 1.54) is 6.20 Å². The number of hydrogen-bond donors (Lipinski definition) is 2. The van der Waals surface area contributed by atoms with Crippen LogP contribution in [0.25, 0.3) is 0 Å². The SMILES string of the molecule is Cc1cn(COC(CO)C(C)OC(=O)c2ccccc2)c(=O)[nH]c1=O. The second-order valence-electron chi connectivity index (χ2n) is 5.53.